The topological polar surface area (TPSA) is 252 Å². The SMILES string of the molecule is O=C[C@@H](OP(=O)(O)OCC(=O)[C@@H](O)[C@H](O)[C@H](O)CO)[C@@H](O)[C@H](O)[C@H](O)CO. The van der Waals surface area contributed by atoms with E-state index >= 15 is 0 Å². The summed E-state index contributed by atoms with van der Waals surface area (Å²) in [5.41, 5.74) is 0. The Morgan fingerprint density at radius 2 is 1.41 bits per heavy atom. The summed E-state index contributed by atoms with van der Waals surface area (Å²) < 4.78 is 20.1. The van der Waals surface area contributed by atoms with E-state index in [2.05, 4.69) is 9.05 Å². The van der Waals surface area contributed by atoms with E-state index in [1.807, 2.05) is 0 Å². The van der Waals surface area contributed by atoms with Crippen LogP contribution in [0.3, 0.4) is 0 Å². The van der Waals surface area contributed by atoms with Crippen molar-refractivity contribution >= 4 is 19.9 Å². The van der Waals surface area contributed by atoms with Crippen LogP contribution in [0.5, 0.6) is 0 Å². The first-order valence-corrected chi connectivity index (χ1v) is 8.85. The number of hydrogen-bond acceptors (Lipinski definition) is 13. The van der Waals surface area contributed by atoms with E-state index in [4.69, 9.17) is 20.4 Å². The summed E-state index contributed by atoms with van der Waals surface area (Å²) in [4.78, 5) is 31.8. The molecule has 0 aromatic rings. The maximum absolute atomic E-state index is 11.7. The molecule has 14 nitrogen and oxygen atoms in total. The van der Waals surface area contributed by atoms with Gasteiger partial charge in [-0.15, -0.1) is 0 Å². The van der Waals surface area contributed by atoms with E-state index in [-0.39, 0.29) is 6.29 Å². The second-order valence-corrected chi connectivity index (χ2v) is 6.74. The summed E-state index contributed by atoms with van der Waals surface area (Å²) in [7, 11) is -5.22. The van der Waals surface area contributed by atoms with Crippen molar-refractivity contribution in [3.05, 3.63) is 0 Å². The van der Waals surface area contributed by atoms with Crippen molar-refractivity contribution in [1.29, 1.82) is 0 Å². The Labute approximate surface area is 152 Å². The van der Waals surface area contributed by atoms with Crippen LogP contribution in [0.1, 0.15) is 0 Å². The van der Waals surface area contributed by atoms with Gasteiger partial charge >= 0.3 is 7.82 Å². The monoisotopic (exact) mass is 422 g/mol. The Morgan fingerprint density at radius 1 is 0.926 bits per heavy atom. The second kappa shape index (κ2) is 11.9. The minimum absolute atomic E-state index is 0.220. The van der Waals surface area contributed by atoms with Crippen LogP contribution in [0.15, 0.2) is 0 Å². The molecule has 1 unspecified atom stereocenters. The maximum Gasteiger partial charge on any atom is 0.473 e. The lowest BCUT2D eigenvalue weighted by Crippen LogP contribution is -2.47. The lowest BCUT2D eigenvalue weighted by molar-refractivity contribution is -0.143. The van der Waals surface area contributed by atoms with Gasteiger partial charge in [0.2, 0.25) is 0 Å². The third kappa shape index (κ3) is 8.35. The number of aliphatic hydroxyl groups excluding tert-OH is 8. The molecule has 8 atom stereocenters. The number of phosphoric ester groups is 1. The standard InChI is InChI=1S/C12H23O14P/c13-1-5(16)9(19)11(21)7(18)4-25-27(23,24)26-8(3-15)12(22)10(20)6(17)2-14/h3,5-6,8-14,16-17,19-22H,1-2,4H2,(H,23,24)/t5-,6-,8-,9-,10-,11-,12-/m1/s1. The van der Waals surface area contributed by atoms with Crippen molar-refractivity contribution in [3.63, 3.8) is 0 Å². The van der Waals surface area contributed by atoms with Gasteiger partial charge in [-0.3, -0.25) is 13.8 Å². The summed E-state index contributed by atoms with van der Waals surface area (Å²) in [6.45, 7) is -3.34. The number of carbonyl (C=O) groups excluding carboxylic acids is 2. The quantitative estimate of drug-likeness (QED) is 0.0935. The lowest BCUT2D eigenvalue weighted by atomic mass is 10.0. The molecule has 0 saturated carbocycles. The van der Waals surface area contributed by atoms with Gasteiger partial charge < -0.3 is 50.5 Å². The Bertz CT molecular complexity index is 514. The molecule has 0 spiro atoms. The average molecular weight is 422 g/mol. The third-order valence-electron chi connectivity index (χ3n) is 3.26. The van der Waals surface area contributed by atoms with Gasteiger partial charge in [-0.1, -0.05) is 0 Å². The van der Waals surface area contributed by atoms with Gasteiger partial charge in [-0.05, 0) is 0 Å². The third-order valence-corrected chi connectivity index (χ3v) is 4.23. The van der Waals surface area contributed by atoms with Crippen molar-refractivity contribution in [3.8, 4) is 0 Å². The van der Waals surface area contributed by atoms with Gasteiger partial charge in [-0.25, -0.2) is 4.57 Å². The summed E-state index contributed by atoms with van der Waals surface area (Å²) in [5, 5.41) is 73.3. The molecule has 0 aromatic carbocycles. The average Bonchev–Trinajstić information content (AvgIpc) is 2.66. The summed E-state index contributed by atoms with van der Waals surface area (Å²) in [6.07, 6.45) is -15.0. The van der Waals surface area contributed by atoms with Gasteiger partial charge in [0, 0.05) is 0 Å². The number of hydrogen-bond donors (Lipinski definition) is 9. The molecule has 0 amide bonds. The molecule has 0 heterocycles. The van der Waals surface area contributed by atoms with Crippen molar-refractivity contribution in [2.24, 2.45) is 0 Å². The highest BCUT2D eigenvalue weighted by Gasteiger charge is 2.38. The molecule has 15 heteroatoms. The first-order chi connectivity index (χ1) is 12.4. The van der Waals surface area contributed by atoms with Crippen molar-refractivity contribution in [1.82, 2.24) is 0 Å². The van der Waals surface area contributed by atoms with Gasteiger partial charge in [0.15, 0.2) is 18.2 Å². The molecule has 0 aliphatic rings. The normalized spacial score (nSPS) is 22.0. The minimum Gasteiger partial charge on any atom is -0.394 e. The molecule has 9 N–H and O–H groups in total. The smallest absolute Gasteiger partial charge is 0.394 e. The number of aldehydes is 1. The van der Waals surface area contributed by atoms with Crippen LogP contribution in [-0.4, -0.2) is 120 Å². The fourth-order valence-corrected chi connectivity index (χ4v) is 2.45. The fraction of sp³-hybridized carbons (Fsp3) is 0.833. The lowest BCUT2D eigenvalue weighted by Gasteiger charge is -2.26. The zero-order valence-corrected chi connectivity index (χ0v) is 14.6. The van der Waals surface area contributed by atoms with E-state index in [1.54, 1.807) is 0 Å². The van der Waals surface area contributed by atoms with Crippen LogP contribution in [0, 0.1) is 0 Å². The Morgan fingerprint density at radius 3 is 1.85 bits per heavy atom. The highest BCUT2D eigenvalue weighted by Crippen LogP contribution is 2.45. The molecule has 160 valence electrons. The van der Waals surface area contributed by atoms with Gasteiger partial charge in [-0.2, -0.15) is 0 Å². The zero-order valence-electron chi connectivity index (χ0n) is 13.8. The molecule has 27 heavy (non-hydrogen) atoms. The van der Waals surface area contributed by atoms with Crippen molar-refractivity contribution in [2.45, 2.75) is 42.7 Å². The zero-order chi connectivity index (χ0) is 21.4. The predicted molar refractivity (Wildman–Crippen MR) is 81.9 cm³/mol. The van der Waals surface area contributed by atoms with E-state index in [9.17, 15) is 39.5 Å². The molecule has 0 bridgehead atoms. The maximum atomic E-state index is 11.7. The molecular weight excluding hydrogens is 399 g/mol. The van der Waals surface area contributed by atoms with Crippen molar-refractivity contribution < 1.29 is 68.9 Å². The fourth-order valence-electron chi connectivity index (χ4n) is 1.62. The summed E-state index contributed by atoms with van der Waals surface area (Å²) in [6, 6.07) is 0. The van der Waals surface area contributed by atoms with Crippen LogP contribution in [0.25, 0.3) is 0 Å². The molecular formula is C12H23O14P. The number of phosphoric acid groups is 1. The van der Waals surface area contributed by atoms with E-state index in [0.717, 1.165) is 0 Å². The van der Waals surface area contributed by atoms with Gasteiger partial charge in [0.05, 0.1) is 13.2 Å². The van der Waals surface area contributed by atoms with Gasteiger partial charge in [0.25, 0.3) is 0 Å². The van der Waals surface area contributed by atoms with Crippen LogP contribution >= 0.6 is 7.82 Å². The minimum atomic E-state index is -5.22. The number of ketones is 1. The van der Waals surface area contributed by atoms with E-state index in [0.29, 0.717) is 0 Å². The number of Topliss-reactive ketones (excluding diaryl/α,β-unsaturated/α-hetero) is 1. The molecule has 0 rings (SSSR count). The van der Waals surface area contributed by atoms with Crippen molar-refractivity contribution in [2.75, 3.05) is 19.8 Å². The highest BCUT2D eigenvalue weighted by atomic mass is 31.2. The number of aliphatic hydroxyl groups is 8. The summed E-state index contributed by atoms with van der Waals surface area (Å²) in [5.74, 6) is -1.40. The van der Waals surface area contributed by atoms with E-state index in [1.165, 1.54) is 0 Å². The molecule has 0 aromatic heterocycles. The second-order valence-electron chi connectivity index (χ2n) is 5.33. The van der Waals surface area contributed by atoms with Crippen LogP contribution < -0.4 is 0 Å². The Balaban J connectivity index is 4.84. The predicted octanol–water partition coefficient (Wildman–Crippen LogP) is -5.59. The molecule has 0 aliphatic carbocycles. The van der Waals surface area contributed by atoms with Gasteiger partial charge in [0.1, 0.15) is 43.2 Å². The number of rotatable bonds is 14. The first-order valence-electron chi connectivity index (χ1n) is 7.35. The van der Waals surface area contributed by atoms with Crippen LogP contribution in [0.2, 0.25) is 0 Å². The largest absolute Gasteiger partial charge is 0.473 e. The Kier molecular flexibility index (Phi) is 11.5. The summed E-state index contributed by atoms with van der Waals surface area (Å²) >= 11 is 0. The number of carbonyl (C=O) groups is 2. The first kappa shape index (κ1) is 26.1. The van der Waals surface area contributed by atoms with Crippen LogP contribution in [-0.2, 0) is 23.2 Å². The Hall–Kier alpha value is -0.870. The molecule has 0 radical (unpaired) electrons. The highest BCUT2D eigenvalue weighted by molar-refractivity contribution is 7.47. The van der Waals surface area contributed by atoms with E-state index < -0.39 is 76.2 Å². The molecule has 0 fully saturated rings. The van der Waals surface area contributed by atoms with Crippen LogP contribution in [0.4, 0.5) is 0 Å². The molecule has 0 aliphatic heterocycles. The molecule has 0 saturated heterocycles.